The highest BCUT2D eigenvalue weighted by Crippen LogP contribution is 2.23. The summed E-state index contributed by atoms with van der Waals surface area (Å²) in [5, 5.41) is 9.19. The molecule has 0 aromatic heterocycles. The molecule has 1 aliphatic heterocycles. The summed E-state index contributed by atoms with van der Waals surface area (Å²) >= 11 is 0. The third kappa shape index (κ3) is 2.21. The van der Waals surface area contributed by atoms with E-state index in [1.54, 1.807) is 6.92 Å². The van der Waals surface area contributed by atoms with Gasteiger partial charge in [-0.25, -0.2) is 8.42 Å². The largest absolute Gasteiger partial charge is 0.392 e. The lowest BCUT2D eigenvalue weighted by atomic mass is 10.0. The van der Waals surface area contributed by atoms with E-state index in [9.17, 15) is 22.3 Å². The van der Waals surface area contributed by atoms with Gasteiger partial charge in [0.2, 0.25) is 0 Å². The quantitative estimate of drug-likeness (QED) is 0.745. The van der Waals surface area contributed by atoms with Crippen LogP contribution in [0.5, 0.6) is 0 Å². The van der Waals surface area contributed by atoms with Gasteiger partial charge in [0.15, 0.2) is 0 Å². The van der Waals surface area contributed by atoms with E-state index in [-0.39, 0.29) is 6.54 Å². The molecular weight excluding hydrogens is 216 g/mol. The molecule has 0 radical (unpaired) electrons. The smallest absolute Gasteiger partial charge is 0.350 e. The minimum absolute atomic E-state index is 0.228. The number of nitrogens with zero attached hydrogens (tertiary/aromatic N) is 1. The topological polar surface area (TPSA) is 57.6 Å². The molecule has 1 saturated heterocycles. The van der Waals surface area contributed by atoms with Crippen molar-refractivity contribution >= 4 is 10.0 Å². The van der Waals surface area contributed by atoms with Crippen LogP contribution in [0.25, 0.3) is 0 Å². The number of piperidine rings is 1. The zero-order valence-corrected chi connectivity index (χ0v) is 8.54. The summed E-state index contributed by atoms with van der Waals surface area (Å²) in [7, 11) is -4.54. The zero-order chi connectivity index (χ0) is 10.9. The number of alkyl halides is 2. The maximum Gasteiger partial charge on any atom is 0.350 e. The lowest BCUT2D eigenvalue weighted by Gasteiger charge is -2.34. The molecule has 1 rings (SSSR count). The van der Waals surface area contributed by atoms with Crippen molar-refractivity contribution < 1.29 is 22.3 Å². The molecule has 1 aliphatic rings. The fourth-order valence-electron chi connectivity index (χ4n) is 1.51. The highest BCUT2D eigenvalue weighted by atomic mass is 32.2. The Morgan fingerprint density at radius 1 is 1.43 bits per heavy atom. The average Bonchev–Trinajstić information content (AvgIpc) is 2.08. The van der Waals surface area contributed by atoms with Crippen LogP contribution in [-0.2, 0) is 10.0 Å². The van der Waals surface area contributed by atoms with Crippen LogP contribution in [0, 0.1) is 0 Å². The second-order valence-corrected chi connectivity index (χ2v) is 5.31. The summed E-state index contributed by atoms with van der Waals surface area (Å²) in [5.41, 5.74) is 0. The molecule has 14 heavy (non-hydrogen) atoms. The van der Waals surface area contributed by atoms with Crippen LogP contribution in [0.3, 0.4) is 0 Å². The Morgan fingerprint density at radius 2 is 2.00 bits per heavy atom. The minimum atomic E-state index is -4.54. The monoisotopic (exact) mass is 229 g/mol. The van der Waals surface area contributed by atoms with Crippen LogP contribution in [0.2, 0.25) is 0 Å². The molecule has 7 heteroatoms. The van der Waals surface area contributed by atoms with E-state index in [0.29, 0.717) is 17.1 Å². The van der Waals surface area contributed by atoms with Gasteiger partial charge in [-0.2, -0.15) is 13.1 Å². The van der Waals surface area contributed by atoms with E-state index in [2.05, 4.69) is 0 Å². The predicted molar refractivity (Wildman–Crippen MR) is 46.3 cm³/mol. The van der Waals surface area contributed by atoms with Gasteiger partial charge in [-0.05, 0) is 19.8 Å². The van der Waals surface area contributed by atoms with Gasteiger partial charge < -0.3 is 5.11 Å². The van der Waals surface area contributed by atoms with E-state index in [1.807, 2.05) is 0 Å². The Bertz CT molecular complexity index is 293. The van der Waals surface area contributed by atoms with Gasteiger partial charge >= 0.3 is 5.76 Å². The Labute approximate surface area is 81.6 Å². The molecule has 0 aromatic carbocycles. The lowest BCUT2D eigenvalue weighted by Crippen LogP contribution is -2.49. The van der Waals surface area contributed by atoms with E-state index in [4.69, 9.17) is 0 Å². The fourth-order valence-corrected chi connectivity index (χ4v) is 2.71. The fraction of sp³-hybridized carbons (Fsp3) is 1.00. The summed E-state index contributed by atoms with van der Waals surface area (Å²) in [6.07, 6.45) is 0.0310. The molecule has 0 aliphatic carbocycles. The maximum atomic E-state index is 12.2. The number of rotatable bonds is 2. The van der Waals surface area contributed by atoms with Crippen molar-refractivity contribution in [1.82, 2.24) is 4.31 Å². The second-order valence-electron chi connectivity index (χ2n) is 3.46. The standard InChI is InChI=1S/C7H13F2NO3S/c1-5-2-3-6(11)4-10(5)14(12,13)7(8)9/h5-7,11H,2-4H2,1H3. The molecule has 0 saturated carbocycles. The van der Waals surface area contributed by atoms with Gasteiger partial charge in [-0.1, -0.05) is 0 Å². The number of aliphatic hydroxyl groups excluding tert-OH is 1. The van der Waals surface area contributed by atoms with Crippen molar-refractivity contribution in [2.75, 3.05) is 6.54 Å². The first-order valence-electron chi connectivity index (χ1n) is 4.32. The van der Waals surface area contributed by atoms with Crippen LogP contribution in [-0.4, -0.2) is 42.3 Å². The number of hydrogen-bond acceptors (Lipinski definition) is 3. The maximum absolute atomic E-state index is 12.2. The molecule has 4 nitrogen and oxygen atoms in total. The van der Waals surface area contributed by atoms with Gasteiger partial charge in [0.25, 0.3) is 10.0 Å². The first kappa shape index (κ1) is 11.8. The van der Waals surface area contributed by atoms with Crippen molar-refractivity contribution in [3.8, 4) is 0 Å². The molecule has 1 fully saturated rings. The predicted octanol–water partition coefficient (Wildman–Crippen LogP) is 0.384. The SMILES string of the molecule is CC1CCC(O)CN1S(=O)(=O)C(F)F. The highest BCUT2D eigenvalue weighted by Gasteiger charge is 2.38. The normalized spacial score (nSPS) is 30.9. The Balaban J connectivity index is 2.85. The van der Waals surface area contributed by atoms with Gasteiger partial charge in [0.05, 0.1) is 6.10 Å². The first-order valence-corrected chi connectivity index (χ1v) is 5.83. The molecule has 2 atom stereocenters. The summed E-state index contributed by atoms with van der Waals surface area (Å²) in [4.78, 5) is 0. The van der Waals surface area contributed by atoms with Crippen molar-refractivity contribution in [1.29, 1.82) is 0 Å². The summed E-state index contributed by atoms with van der Waals surface area (Å²) in [6.45, 7) is 1.33. The van der Waals surface area contributed by atoms with E-state index in [0.717, 1.165) is 0 Å². The zero-order valence-electron chi connectivity index (χ0n) is 7.73. The molecule has 0 amide bonds. The number of sulfonamides is 1. The summed E-state index contributed by atoms with van der Waals surface area (Å²) in [5.74, 6) is -3.41. The average molecular weight is 229 g/mol. The molecule has 1 N–H and O–H groups in total. The third-order valence-corrected chi connectivity index (χ3v) is 3.97. The van der Waals surface area contributed by atoms with Gasteiger partial charge in [-0.3, -0.25) is 0 Å². The van der Waals surface area contributed by atoms with Crippen LogP contribution in [0.1, 0.15) is 19.8 Å². The molecule has 1 heterocycles. The Kier molecular flexibility index (Phi) is 3.44. The van der Waals surface area contributed by atoms with Crippen molar-refractivity contribution in [3.05, 3.63) is 0 Å². The van der Waals surface area contributed by atoms with Crippen molar-refractivity contribution in [3.63, 3.8) is 0 Å². The minimum Gasteiger partial charge on any atom is -0.392 e. The van der Waals surface area contributed by atoms with Crippen LogP contribution < -0.4 is 0 Å². The lowest BCUT2D eigenvalue weighted by molar-refractivity contribution is 0.0803. The molecule has 0 spiro atoms. The van der Waals surface area contributed by atoms with Crippen LogP contribution >= 0.6 is 0 Å². The molecule has 2 unspecified atom stereocenters. The number of halogens is 2. The number of aliphatic hydroxyl groups is 1. The van der Waals surface area contributed by atoms with Crippen molar-refractivity contribution in [2.45, 2.75) is 37.7 Å². The molecule has 84 valence electrons. The molecular formula is C7H13F2NO3S. The first-order chi connectivity index (χ1) is 6.35. The van der Waals surface area contributed by atoms with Crippen LogP contribution in [0.15, 0.2) is 0 Å². The summed E-state index contributed by atoms with van der Waals surface area (Å²) in [6, 6.07) is -0.461. The van der Waals surface area contributed by atoms with Gasteiger partial charge in [0, 0.05) is 12.6 Å². The summed E-state index contributed by atoms with van der Waals surface area (Å²) < 4.78 is 47.3. The van der Waals surface area contributed by atoms with E-state index < -0.39 is 27.9 Å². The Morgan fingerprint density at radius 3 is 2.50 bits per heavy atom. The van der Waals surface area contributed by atoms with Crippen molar-refractivity contribution in [2.24, 2.45) is 0 Å². The highest BCUT2D eigenvalue weighted by molar-refractivity contribution is 7.89. The van der Waals surface area contributed by atoms with Gasteiger partial charge in [-0.15, -0.1) is 0 Å². The molecule has 0 bridgehead atoms. The number of hydrogen-bond donors (Lipinski definition) is 1. The van der Waals surface area contributed by atoms with Gasteiger partial charge in [0.1, 0.15) is 0 Å². The second kappa shape index (κ2) is 4.08. The number of β-amino-alcohol motifs (C(OH)–C–C–N with tert-alkyl or cyclic N) is 1. The third-order valence-electron chi connectivity index (χ3n) is 2.35. The van der Waals surface area contributed by atoms with E-state index >= 15 is 0 Å². The van der Waals surface area contributed by atoms with Crippen LogP contribution in [0.4, 0.5) is 8.78 Å². The molecule has 0 aromatic rings. The Hall–Kier alpha value is -0.270. The van der Waals surface area contributed by atoms with E-state index in [1.165, 1.54) is 0 Å².